The predicted octanol–water partition coefficient (Wildman–Crippen LogP) is 1.23. The Balaban J connectivity index is 1.82. The number of anilines is 1. The molecule has 0 aliphatic carbocycles. The van der Waals surface area contributed by atoms with E-state index < -0.39 is 17.9 Å². The van der Waals surface area contributed by atoms with E-state index in [1.165, 1.54) is 0 Å². The van der Waals surface area contributed by atoms with Crippen LogP contribution in [0.5, 0.6) is 5.75 Å². The zero-order valence-electron chi connectivity index (χ0n) is 15.7. The van der Waals surface area contributed by atoms with Gasteiger partial charge in [-0.05, 0) is 23.8 Å². The Labute approximate surface area is 158 Å². The molecule has 0 aromatic heterocycles. The molecule has 144 valence electrons. The molecule has 0 unspecified atom stereocenters. The van der Waals surface area contributed by atoms with Crippen LogP contribution in [-0.2, 0) is 16.1 Å². The molecule has 2 amide bonds. The molecule has 0 heterocycles. The van der Waals surface area contributed by atoms with Crippen LogP contribution in [-0.4, -0.2) is 44.7 Å². The SMILES string of the molecule is COc1ccccc1CNC(=O)C(=O)NC[C@@H](O)c1ccc(N(C)C)cc1. The number of benzene rings is 2. The largest absolute Gasteiger partial charge is 0.496 e. The van der Waals surface area contributed by atoms with E-state index in [1.54, 1.807) is 31.4 Å². The first kappa shape index (κ1) is 20.3. The molecule has 0 radical (unpaired) electrons. The highest BCUT2D eigenvalue weighted by molar-refractivity contribution is 6.35. The number of methoxy groups -OCH3 is 1. The van der Waals surface area contributed by atoms with Crippen LogP contribution in [0.3, 0.4) is 0 Å². The number of hydrogen-bond donors (Lipinski definition) is 3. The number of nitrogens with zero attached hydrogens (tertiary/aromatic N) is 1. The molecule has 0 aliphatic rings. The van der Waals surface area contributed by atoms with Gasteiger partial charge < -0.3 is 25.4 Å². The number of para-hydroxylation sites is 1. The molecule has 7 nitrogen and oxygen atoms in total. The summed E-state index contributed by atoms with van der Waals surface area (Å²) in [6, 6.07) is 14.5. The Morgan fingerprint density at radius 1 is 1.04 bits per heavy atom. The molecule has 1 atom stereocenters. The van der Waals surface area contributed by atoms with Gasteiger partial charge in [-0.3, -0.25) is 9.59 Å². The van der Waals surface area contributed by atoms with Crippen molar-refractivity contribution in [2.45, 2.75) is 12.6 Å². The number of nitrogens with one attached hydrogen (secondary N) is 2. The summed E-state index contributed by atoms with van der Waals surface area (Å²) in [6.07, 6.45) is -0.896. The van der Waals surface area contributed by atoms with Gasteiger partial charge >= 0.3 is 11.8 Å². The highest BCUT2D eigenvalue weighted by Crippen LogP contribution is 2.18. The predicted molar refractivity (Wildman–Crippen MR) is 104 cm³/mol. The number of aliphatic hydroxyl groups is 1. The van der Waals surface area contributed by atoms with Gasteiger partial charge in [-0.15, -0.1) is 0 Å². The zero-order valence-corrected chi connectivity index (χ0v) is 15.7. The number of carbonyl (C=O) groups is 2. The maximum Gasteiger partial charge on any atom is 0.309 e. The Morgan fingerprint density at radius 3 is 2.30 bits per heavy atom. The summed E-state index contributed by atoms with van der Waals surface area (Å²) < 4.78 is 5.20. The van der Waals surface area contributed by atoms with Crippen molar-refractivity contribution < 1.29 is 19.4 Å². The normalized spacial score (nSPS) is 11.4. The molecule has 0 bridgehead atoms. The lowest BCUT2D eigenvalue weighted by Crippen LogP contribution is -2.41. The quantitative estimate of drug-likeness (QED) is 0.637. The van der Waals surface area contributed by atoms with Crippen LogP contribution >= 0.6 is 0 Å². The third kappa shape index (κ3) is 5.72. The lowest BCUT2D eigenvalue weighted by atomic mass is 10.1. The van der Waals surface area contributed by atoms with Crippen molar-refractivity contribution >= 4 is 17.5 Å². The Hall–Kier alpha value is -3.06. The topological polar surface area (TPSA) is 90.9 Å². The lowest BCUT2D eigenvalue weighted by molar-refractivity contribution is -0.139. The van der Waals surface area contributed by atoms with Gasteiger partial charge in [-0.2, -0.15) is 0 Å². The number of hydrogen-bond acceptors (Lipinski definition) is 5. The number of amides is 2. The van der Waals surface area contributed by atoms with Gasteiger partial charge in [0.15, 0.2) is 0 Å². The van der Waals surface area contributed by atoms with Crippen molar-refractivity contribution in [1.29, 1.82) is 0 Å². The smallest absolute Gasteiger partial charge is 0.309 e. The minimum Gasteiger partial charge on any atom is -0.496 e. The van der Waals surface area contributed by atoms with Gasteiger partial charge in [0.05, 0.1) is 13.2 Å². The number of aliphatic hydroxyl groups excluding tert-OH is 1. The van der Waals surface area contributed by atoms with E-state index in [4.69, 9.17) is 4.74 Å². The molecular formula is C20H25N3O4. The Morgan fingerprint density at radius 2 is 1.67 bits per heavy atom. The monoisotopic (exact) mass is 371 g/mol. The van der Waals surface area contributed by atoms with Gasteiger partial charge in [-0.1, -0.05) is 30.3 Å². The summed E-state index contributed by atoms with van der Waals surface area (Å²) in [4.78, 5) is 25.8. The van der Waals surface area contributed by atoms with Gasteiger partial charge in [0, 0.05) is 38.4 Å². The third-order valence-corrected chi connectivity index (χ3v) is 4.09. The van der Waals surface area contributed by atoms with Crippen molar-refractivity contribution in [1.82, 2.24) is 10.6 Å². The van der Waals surface area contributed by atoms with Gasteiger partial charge in [0.25, 0.3) is 0 Å². The molecule has 2 aromatic rings. The second-order valence-electron chi connectivity index (χ2n) is 6.21. The fraction of sp³-hybridized carbons (Fsp3) is 0.300. The molecule has 0 spiro atoms. The Bertz CT molecular complexity index is 775. The van der Waals surface area contributed by atoms with Gasteiger partial charge in [-0.25, -0.2) is 0 Å². The molecule has 2 rings (SSSR count). The van der Waals surface area contributed by atoms with Crippen LogP contribution < -0.4 is 20.3 Å². The molecule has 0 aliphatic heterocycles. The highest BCUT2D eigenvalue weighted by atomic mass is 16.5. The van der Waals surface area contributed by atoms with Crippen LogP contribution in [0.2, 0.25) is 0 Å². The molecule has 0 fully saturated rings. The number of carbonyl (C=O) groups excluding carboxylic acids is 2. The zero-order chi connectivity index (χ0) is 19.8. The van der Waals surface area contributed by atoms with Gasteiger partial charge in [0.1, 0.15) is 5.75 Å². The average molecular weight is 371 g/mol. The molecule has 27 heavy (non-hydrogen) atoms. The van der Waals surface area contributed by atoms with E-state index in [0.29, 0.717) is 11.3 Å². The maximum absolute atomic E-state index is 11.9. The van der Waals surface area contributed by atoms with Crippen LogP contribution in [0.25, 0.3) is 0 Å². The summed E-state index contributed by atoms with van der Waals surface area (Å²) in [5, 5.41) is 15.2. The van der Waals surface area contributed by atoms with Crippen molar-refractivity contribution in [3.05, 3.63) is 59.7 Å². The van der Waals surface area contributed by atoms with Crippen LogP contribution in [0.4, 0.5) is 5.69 Å². The van der Waals surface area contributed by atoms with E-state index in [1.807, 2.05) is 43.3 Å². The third-order valence-electron chi connectivity index (χ3n) is 4.09. The van der Waals surface area contributed by atoms with E-state index >= 15 is 0 Å². The summed E-state index contributed by atoms with van der Waals surface area (Å²) in [7, 11) is 5.39. The van der Waals surface area contributed by atoms with Crippen molar-refractivity contribution in [2.24, 2.45) is 0 Å². The van der Waals surface area contributed by atoms with Crippen molar-refractivity contribution in [3.8, 4) is 5.75 Å². The van der Waals surface area contributed by atoms with Crippen LogP contribution in [0.1, 0.15) is 17.2 Å². The molecule has 2 aromatic carbocycles. The van der Waals surface area contributed by atoms with Crippen LogP contribution in [0, 0.1) is 0 Å². The van der Waals surface area contributed by atoms with Crippen molar-refractivity contribution in [3.63, 3.8) is 0 Å². The van der Waals surface area contributed by atoms with Crippen LogP contribution in [0.15, 0.2) is 48.5 Å². The maximum atomic E-state index is 11.9. The highest BCUT2D eigenvalue weighted by Gasteiger charge is 2.16. The summed E-state index contributed by atoms with van der Waals surface area (Å²) in [6.45, 7) is 0.118. The fourth-order valence-corrected chi connectivity index (χ4v) is 2.49. The summed E-state index contributed by atoms with van der Waals surface area (Å²) in [5.41, 5.74) is 2.43. The fourth-order valence-electron chi connectivity index (χ4n) is 2.49. The molecule has 0 saturated heterocycles. The minimum absolute atomic E-state index is 0.0534. The number of ether oxygens (including phenoxy) is 1. The molecule has 7 heteroatoms. The molecule has 0 saturated carbocycles. The summed E-state index contributed by atoms with van der Waals surface area (Å²) >= 11 is 0. The average Bonchev–Trinajstić information content (AvgIpc) is 2.70. The second kappa shape index (κ2) is 9.59. The standard InChI is InChI=1S/C20H25N3O4/c1-23(2)16-10-8-14(9-11-16)17(24)13-22-20(26)19(25)21-12-15-6-4-5-7-18(15)27-3/h4-11,17,24H,12-13H2,1-3H3,(H,21,25)(H,22,26)/t17-/m1/s1. The minimum atomic E-state index is -0.896. The Kier molecular flexibility index (Phi) is 7.19. The lowest BCUT2D eigenvalue weighted by Gasteiger charge is -2.15. The van der Waals surface area contributed by atoms with E-state index in [9.17, 15) is 14.7 Å². The molecular weight excluding hydrogens is 346 g/mol. The van der Waals surface area contributed by atoms with E-state index in [-0.39, 0.29) is 13.1 Å². The first-order chi connectivity index (χ1) is 12.9. The first-order valence-electron chi connectivity index (χ1n) is 8.55. The van der Waals surface area contributed by atoms with Gasteiger partial charge in [0.2, 0.25) is 0 Å². The van der Waals surface area contributed by atoms with Crippen molar-refractivity contribution in [2.75, 3.05) is 32.6 Å². The van der Waals surface area contributed by atoms with E-state index in [0.717, 1.165) is 11.3 Å². The first-order valence-corrected chi connectivity index (χ1v) is 8.55. The molecule has 3 N–H and O–H groups in total. The van der Waals surface area contributed by atoms with E-state index in [2.05, 4.69) is 10.6 Å². The second-order valence-corrected chi connectivity index (χ2v) is 6.21. The number of rotatable bonds is 7. The summed E-state index contributed by atoms with van der Waals surface area (Å²) in [5.74, 6) is -0.931.